The van der Waals surface area contributed by atoms with Crippen molar-refractivity contribution >= 4 is 39.3 Å². The predicted molar refractivity (Wildman–Crippen MR) is 91.1 cm³/mol. The number of amides is 1. The van der Waals surface area contributed by atoms with E-state index in [0.29, 0.717) is 5.75 Å². The average Bonchev–Trinajstić information content (AvgIpc) is 2.49. The van der Waals surface area contributed by atoms with Gasteiger partial charge in [-0.15, -0.1) is 11.8 Å². The van der Waals surface area contributed by atoms with Gasteiger partial charge >= 0.3 is 0 Å². The van der Waals surface area contributed by atoms with Gasteiger partial charge < -0.3 is 10.1 Å². The Morgan fingerprint density at radius 3 is 2.62 bits per heavy atom. The van der Waals surface area contributed by atoms with Crippen molar-refractivity contribution in [3.63, 3.8) is 0 Å². The molecule has 21 heavy (non-hydrogen) atoms. The van der Waals surface area contributed by atoms with Crippen molar-refractivity contribution in [2.24, 2.45) is 0 Å². The average molecular weight is 366 g/mol. The van der Waals surface area contributed by atoms with Gasteiger partial charge in [0.1, 0.15) is 5.75 Å². The Morgan fingerprint density at radius 2 is 1.90 bits per heavy atom. The third-order valence-electron chi connectivity index (χ3n) is 2.64. The molecule has 0 radical (unpaired) electrons. The molecule has 0 spiro atoms. The van der Waals surface area contributed by atoms with Crippen LogP contribution in [0.4, 0.5) is 5.69 Å². The first-order valence-electron chi connectivity index (χ1n) is 6.59. The predicted octanol–water partition coefficient (Wildman–Crippen LogP) is 4.58. The summed E-state index contributed by atoms with van der Waals surface area (Å²) in [4.78, 5) is 13.0. The minimum atomic E-state index is -0.165. The van der Waals surface area contributed by atoms with Crippen molar-refractivity contribution in [1.29, 1.82) is 0 Å². The Morgan fingerprint density at radius 1 is 1.19 bits per heavy atom. The van der Waals surface area contributed by atoms with Crippen LogP contribution in [0.3, 0.4) is 0 Å². The van der Waals surface area contributed by atoms with Crippen LogP contribution in [0.1, 0.15) is 6.92 Å². The van der Waals surface area contributed by atoms with Gasteiger partial charge in [0.05, 0.1) is 5.69 Å². The van der Waals surface area contributed by atoms with E-state index in [9.17, 15) is 4.79 Å². The molecule has 0 heterocycles. The summed E-state index contributed by atoms with van der Waals surface area (Å²) < 4.78 is 6.43. The van der Waals surface area contributed by atoms with Crippen molar-refractivity contribution in [2.45, 2.75) is 11.8 Å². The molecular weight excluding hydrogens is 350 g/mol. The SMILES string of the molecule is CCSc1ccccc1NC(=O)COc1ccc(Br)cc1. The van der Waals surface area contributed by atoms with Crippen LogP contribution < -0.4 is 10.1 Å². The first-order chi connectivity index (χ1) is 10.2. The number of carbonyl (C=O) groups excluding carboxylic acids is 1. The van der Waals surface area contributed by atoms with E-state index in [2.05, 4.69) is 28.2 Å². The maximum Gasteiger partial charge on any atom is 0.262 e. The van der Waals surface area contributed by atoms with E-state index < -0.39 is 0 Å². The molecule has 0 saturated heterocycles. The van der Waals surface area contributed by atoms with E-state index in [1.165, 1.54) is 0 Å². The van der Waals surface area contributed by atoms with Crippen LogP contribution in [0.5, 0.6) is 5.75 Å². The van der Waals surface area contributed by atoms with Gasteiger partial charge in [0.2, 0.25) is 0 Å². The molecule has 5 heteroatoms. The first-order valence-corrected chi connectivity index (χ1v) is 8.37. The monoisotopic (exact) mass is 365 g/mol. The van der Waals surface area contributed by atoms with Gasteiger partial charge in [-0.2, -0.15) is 0 Å². The summed E-state index contributed by atoms with van der Waals surface area (Å²) in [5, 5.41) is 2.88. The summed E-state index contributed by atoms with van der Waals surface area (Å²) in [6, 6.07) is 15.2. The summed E-state index contributed by atoms with van der Waals surface area (Å²) in [6.07, 6.45) is 0. The highest BCUT2D eigenvalue weighted by molar-refractivity contribution is 9.10. The second-order valence-corrected chi connectivity index (χ2v) is 6.44. The normalized spacial score (nSPS) is 10.2. The van der Waals surface area contributed by atoms with E-state index >= 15 is 0 Å². The number of benzene rings is 2. The number of rotatable bonds is 6. The number of halogens is 1. The van der Waals surface area contributed by atoms with Crippen LogP contribution in [0, 0.1) is 0 Å². The minimum Gasteiger partial charge on any atom is -0.484 e. The molecule has 0 aliphatic carbocycles. The van der Waals surface area contributed by atoms with Crippen LogP contribution in [0.2, 0.25) is 0 Å². The highest BCUT2D eigenvalue weighted by Gasteiger charge is 2.07. The zero-order valence-corrected chi connectivity index (χ0v) is 14.0. The largest absolute Gasteiger partial charge is 0.484 e. The molecule has 0 atom stereocenters. The lowest BCUT2D eigenvalue weighted by Gasteiger charge is -2.10. The fourth-order valence-corrected chi connectivity index (χ4v) is 2.74. The number of ether oxygens (including phenoxy) is 1. The van der Waals surface area contributed by atoms with Crippen molar-refractivity contribution in [2.75, 3.05) is 17.7 Å². The van der Waals surface area contributed by atoms with Crippen LogP contribution in [-0.4, -0.2) is 18.3 Å². The van der Waals surface area contributed by atoms with Crippen LogP contribution >= 0.6 is 27.7 Å². The molecule has 1 N–H and O–H groups in total. The van der Waals surface area contributed by atoms with Gasteiger partial charge in [-0.05, 0) is 42.2 Å². The molecule has 2 rings (SSSR count). The summed E-state index contributed by atoms with van der Waals surface area (Å²) in [7, 11) is 0. The van der Waals surface area contributed by atoms with Gasteiger partial charge in [0.25, 0.3) is 5.91 Å². The standard InChI is InChI=1S/C16H16BrNO2S/c1-2-21-15-6-4-3-5-14(15)18-16(19)11-20-13-9-7-12(17)8-10-13/h3-10H,2,11H2,1H3,(H,18,19). The van der Waals surface area contributed by atoms with E-state index in [0.717, 1.165) is 20.8 Å². The molecule has 110 valence electrons. The molecule has 0 bridgehead atoms. The maximum atomic E-state index is 12.0. The van der Waals surface area contributed by atoms with Crippen molar-refractivity contribution in [1.82, 2.24) is 0 Å². The van der Waals surface area contributed by atoms with Crippen LogP contribution in [-0.2, 0) is 4.79 Å². The maximum absolute atomic E-state index is 12.0. The molecular formula is C16H16BrNO2S. The molecule has 0 saturated carbocycles. The van der Waals surface area contributed by atoms with Crippen LogP contribution in [0.25, 0.3) is 0 Å². The highest BCUT2D eigenvalue weighted by Crippen LogP contribution is 2.26. The molecule has 1 amide bonds. The van der Waals surface area contributed by atoms with Gasteiger partial charge in [-0.3, -0.25) is 4.79 Å². The fraction of sp³-hybridized carbons (Fsp3) is 0.188. The molecule has 2 aromatic rings. The fourth-order valence-electron chi connectivity index (χ4n) is 1.72. The lowest BCUT2D eigenvalue weighted by molar-refractivity contribution is -0.118. The van der Waals surface area contributed by atoms with Crippen molar-refractivity contribution in [3.8, 4) is 5.75 Å². The molecule has 2 aromatic carbocycles. The molecule has 0 unspecified atom stereocenters. The lowest BCUT2D eigenvalue weighted by atomic mass is 10.3. The minimum absolute atomic E-state index is 0.00718. The smallest absolute Gasteiger partial charge is 0.262 e. The number of hydrogen-bond donors (Lipinski definition) is 1. The summed E-state index contributed by atoms with van der Waals surface area (Å²) in [5.41, 5.74) is 0.828. The third kappa shape index (κ3) is 5.10. The number of thioether (sulfide) groups is 1. The van der Waals surface area contributed by atoms with E-state index in [1.807, 2.05) is 48.5 Å². The number of carbonyl (C=O) groups is 1. The Labute approximate surface area is 137 Å². The molecule has 3 nitrogen and oxygen atoms in total. The lowest BCUT2D eigenvalue weighted by Crippen LogP contribution is -2.20. The highest BCUT2D eigenvalue weighted by atomic mass is 79.9. The third-order valence-corrected chi connectivity index (χ3v) is 4.13. The molecule has 0 aliphatic rings. The van der Waals surface area contributed by atoms with Crippen molar-refractivity contribution < 1.29 is 9.53 Å². The first kappa shape index (κ1) is 15.9. The second-order valence-electron chi connectivity index (χ2n) is 4.22. The Bertz CT molecular complexity index is 601. The molecule has 0 aromatic heterocycles. The van der Waals surface area contributed by atoms with Crippen molar-refractivity contribution in [3.05, 3.63) is 53.0 Å². The van der Waals surface area contributed by atoms with Gasteiger partial charge in [-0.1, -0.05) is 35.0 Å². The summed E-state index contributed by atoms with van der Waals surface area (Å²) in [6.45, 7) is 2.08. The Balaban J connectivity index is 1.91. The number of nitrogens with one attached hydrogen (secondary N) is 1. The zero-order valence-electron chi connectivity index (χ0n) is 11.6. The summed E-state index contributed by atoms with van der Waals surface area (Å²) >= 11 is 5.05. The Kier molecular flexibility index (Phi) is 6.14. The molecule has 0 aliphatic heterocycles. The van der Waals surface area contributed by atoms with E-state index in [4.69, 9.17) is 4.74 Å². The number of para-hydroxylation sites is 1. The van der Waals surface area contributed by atoms with Gasteiger partial charge in [-0.25, -0.2) is 0 Å². The topological polar surface area (TPSA) is 38.3 Å². The van der Waals surface area contributed by atoms with E-state index in [-0.39, 0.29) is 12.5 Å². The van der Waals surface area contributed by atoms with Gasteiger partial charge in [0, 0.05) is 9.37 Å². The van der Waals surface area contributed by atoms with E-state index in [1.54, 1.807) is 11.8 Å². The van der Waals surface area contributed by atoms with Gasteiger partial charge in [0.15, 0.2) is 6.61 Å². The quantitative estimate of drug-likeness (QED) is 0.761. The molecule has 0 fully saturated rings. The summed E-state index contributed by atoms with van der Waals surface area (Å²) in [5.74, 6) is 1.47. The number of hydrogen-bond acceptors (Lipinski definition) is 3. The number of anilines is 1. The zero-order chi connectivity index (χ0) is 15.1. The van der Waals surface area contributed by atoms with Crippen LogP contribution in [0.15, 0.2) is 57.9 Å². The Hall–Kier alpha value is -1.46. The second kappa shape index (κ2) is 8.10.